The predicted molar refractivity (Wildman–Crippen MR) is 67.5 cm³/mol. The molecule has 0 heterocycles. The summed E-state index contributed by atoms with van der Waals surface area (Å²) in [6, 6.07) is 11.6. The van der Waals surface area contributed by atoms with E-state index in [1.807, 2.05) is 13.2 Å². The monoisotopic (exact) mass is 272 g/mol. The van der Waals surface area contributed by atoms with Crippen LogP contribution in [-0.4, -0.2) is 14.0 Å². The lowest BCUT2D eigenvalue weighted by Gasteiger charge is -2.23. The van der Waals surface area contributed by atoms with Crippen molar-refractivity contribution in [1.82, 2.24) is 0 Å². The highest BCUT2D eigenvalue weighted by Crippen LogP contribution is 2.21. The Morgan fingerprint density at radius 2 is 1.93 bits per heavy atom. The largest absolute Gasteiger partial charge is 0.406 e. The highest BCUT2D eigenvalue weighted by Gasteiger charge is 2.32. The lowest BCUT2D eigenvalue weighted by molar-refractivity contribution is 0.422. The Morgan fingerprint density at radius 1 is 1.29 bits per heavy atom. The summed E-state index contributed by atoms with van der Waals surface area (Å²) >= 11 is 3.81. The summed E-state index contributed by atoms with van der Waals surface area (Å²) in [7, 11) is 1.81. The van der Waals surface area contributed by atoms with E-state index in [9.17, 15) is 0 Å². The van der Waals surface area contributed by atoms with E-state index in [-0.39, 0.29) is 0 Å². The molecule has 0 saturated heterocycles. The lowest BCUT2D eigenvalue weighted by atomic mass is 10.4. The highest BCUT2D eigenvalue weighted by molar-refractivity contribution is 9.26. The van der Waals surface area contributed by atoms with Crippen molar-refractivity contribution in [3.8, 4) is 0 Å². The summed E-state index contributed by atoms with van der Waals surface area (Å²) in [5.74, 6) is 0. The van der Waals surface area contributed by atoms with Gasteiger partial charge < -0.3 is 4.43 Å². The molecule has 1 atom stereocenters. The van der Waals surface area contributed by atoms with Crippen LogP contribution in [0, 0.1) is 0 Å². The Kier molecular flexibility index (Phi) is 4.85. The number of hydrogen-bond acceptors (Lipinski definition) is 1. The summed E-state index contributed by atoms with van der Waals surface area (Å²) in [6.45, 7) is 0.403. The number of hydrogen-bond donors (Lipinski definition) is 0. The third-order valence-electron chi connectivity index (χ3n) is 2.38. The first-order chi connectivity index (χ1) is 6.73. The molecular formula is C11H17BrOSi. The number of rotatable bonds is 5. The molecule has 0 bridgehead atoms. The smallest absolute Gasteiger partial charge is 0.295 e. The molecule has 0 saturated carbocycles. The zero-order chi connectivity index (χ0) is 10.4. The molecule has 0 aliphatic rings. The Bertz CT molecular complexity index is 265. The van der Waals surface area contributed by atoms with Crippen molar-refractivity contribution in [3.63, 3.8) is 0 Å². The van der Waals surface area contributed by atoms with Crippen LogP contribution in [0.1, 0.15) is 19.8 Å². The summed E-state index contributed by atoms with van der Waals surface area (Å²) in [6.07, 6.45) is 2.44. The van der Waals surface area contributed by atoms with Gasteiger partial charge in [-0.2, -0.15) is 0 Å². The maximum absolute atomic E-state index is 5.68. The first-order valence-electron chi connectivity index (χ1n) is 5.02. The van der Waals surface area contributed by atoms with Crippen LogP contribution in [-0.2, 0) is 4.43 Å². The Balaban J connectivity index is 2.79. The molecule has 1 aromatic rings. The second-order valence-electron chi connectivity index (χ2n) is 3.40. The van der Waals surface area contributed by atoms with E-state index < -0.39 is 6.94 Å². The first-order valence-corrected chi connectivity index (χ1v) is 9.40. The van der Waals surface area contributed by atoms with Crippen molar-refractivity contribution in [1.29, 1.82) is 0 Å². The minimum absolute atomic E-state index is 1.14. The van der Waals surface area contributed by atoms with Crippen molar-refractivity contribution in [2.24, 2.45) is 0 Å². The Hall–Kier alpha value is -0.123. The molecule has 14 heavy (non-hydrogen) atoms. The fourth-order valence-electron chi connectivity index (χ4n) is 1.46. The van der Waals surface area contributed by atoms with Gasteiger partial charge in [0.2, 0.25) is 0 Å². The maximum Gasteiger partial charge on any atom is 0.295 e. The van der Waals surface area contributed by atoms with E-state index >= 15 is 0 Å². The molecule has 0 radical (unpaired) electrons. The molecule has 78 valence electrons. The normalized spacial score (nSPS) is 15.1. The zero-order valence-electron chi connectivity index (χ0n) is 8.79. The number of halogens is 1. The van der Waals surface area contributed by atoms with Gasteiger partial charge in [0.15, 0.2) is 0 Å². The van der Waals surface area contributed by atoms with Crippen LogP contribution >= 0.6 is 15.3 Å². The van der Waals surface area contributed by atoms with Crippen LogP contribution in [0.3, 0.4) is 0 Å². The minimum atomic E-state index is -1.81. The molecule has 0 amide bonds. The minimum Gasteiger partial charge on any atom is -0.406 e. The molecule has 1 rings (SSSR count). The van der Waals surface area contributed by atoms with Gasteiger partial charge >= 0.3 is 0 Å². The fourth-order valence-corrected chi connectivity index (χ4v) is 5.32. The fraction of sp³-hybridized carbons (Fsp3) is 0.455. The molecule has 1 nitrogen and oxygen atoms in total. The van der Waals surface area contributed by atoms with Gasteiger partial charge in [0.25, 0.3) is 6.94 Å². The van der Waals surface area contributed by atoms with Gasteiger partial charge in [0.05, 0.1) is 0 Å². The zero-order valence-corrected chi connectivity index (χ0v) is 11.4. The molecule has 0 aromatic heterocycles. The van der Waals surface area contributed by atoms with E-state index in [0.717, 1.165) is 6.04 Å². The second kappa shape index (κ2) is 5.68. The van der Waals surface area contributed by atoms with Crippen molar-refractivity contribution in [3.05, 3.63) is 30.3 Å². The van der Waals surface area contributed by atoms with Gasteiger partial charge in [-0.1, -0.05) is 65.4 Å². The topological polar surface area (TPSA) is 9.23 Å². The van der Waals surface area contributed by atoms with Crippen molar-refractivity contribution in [2.75, 3.05) is 7.11 Å². The summed E-state index contributed by atoms with van der Waals surface area (Å²) in [5.41, 5.74) is 0. The summed E-state index contributed by atoms with van der Waals surface area (Å²) in [4.78, 5) is 0. The third-order valence-corrected chi connectivity index (χ3v) is 8.75. The highest BCUT2D eigenvalue weighted by atomic mass is 79.9. The predicted octanol–water partition coefficient (Wildman–Crippen LogP) is 3.18. The second-order valence-corrected chi connectivity index (χ2v) is 10.2. The molecule has 1 unspecified atom stereocenters. The van der Waals surface area contributed by atoms with E-state index in [1.165, 1.54) is 18.0 Å². The SMILES string of the molecule is CCCC[Si](Br)(OC)c1ccccc1. The van der Waals surface area contributed by atoms with E-state index in [2.05, 4.69) is 46.5 Å². The quantitative estimate of drug-likeness (QED) is 0.591. The van der Waals surface area contributed by atoms with Crippen LogP contribution in [0.5, 0.6) is 0 Å². The van der Waals surface area contributed by atoms with Gasteiger partial charge in [0.1, 0.15) is 0 Å². The van der Waals surface area contributed by atoms with Crippen LogP contribution in [0.4, 0.5) is 0 Å². The average Bonchev–Trinajstić information content (AvgIpc) is 2.27. The van der Waals surface area contributed by atoms with Crippen LogP contribution in [0.2, 0.25) is 6.04 Å². The summed E-state index contributed by atoms with van der Waals surface area (Å²) < 4.78 is 5.68. The van der Waals surface area contributed by atoms with E-state index in [1.54, 1.807) is 0 Å². The molecule has 0 aliphatic carbocycles. The molecule has 1 aromatic carbocycles. The molecule has 0 aliphatic heterocycles. The third kappa shape index (κ3) is 2.94. The summed E-state index contributed by atoms with van der Waals surface area (Å²) in [5, 5.41) is 1.33. The molecule has 0 spiro atoms. The van der Waals surface area contributed by atoms with E-state index in [4.69, 9.17) is 4.43 Å². The average molecular weight is 273 g/mol. The number of unbranched alkanes of at least 4 members (excludes halogenated alkanes) is 1. The number of benzene rings is 1. The first kappa shape index (κ1) is 11.9. The van der Waals surface area contributed by atoms with Gasteiger partial charge in [-0.25, -0.2) is 0 Å². The van der Waals surface area contributed by atoms with Crippen molar-refractivity contribution >= 4 is 27.4 Å². The van der Waals surface area contributed by atoms with Crippen molar-refractivity contribution < 1.29 is 4.43 Å². The van der Waals surface area contributed by atoms with Crippen LogP contribution < -0.4 is 5.19 Å². The molecule has 0 N–H and O–H groups in total. The van der Waals surface area contributed by atoms with Crippen LogP contribution in [0.25, 0.3) is 0 Å². The van der Waals surface area contributed by atoms with Gasteiger partial charge in [0, 0.05) is 7.11 Å². The standard InChI is InChI=1S/C11H17BrOSi/c1-3-4-10-14(12,13-2)11-8-6-5-7-9-11/h5-9H,3-4,10H2,1-2H3. The Labute approximate surface area is 95.2 Å². The van der Waals surface area contributed by atoms with Gasteiger partial charge in [-0.15, -0.1) is 0 Å². The van der Waals surface area contributed by atoms with Crippen LogP contribution in [0.15, 0.2) is 30.3 Å². The Morgan fingerprint density at radius 3 is 2.43 bits per heavy atom. The molecular weight excluding hydrogens is 256 g/mol. The lowest BCUT2D eigenvalue weighted by Crippen LogP contribution is -2.43. The molecule has 0 fully saturated rings. The van der Waals surface area contributed by atoms with Crippen molar-refractivity contribution in [2.45, 2.75) is 25.8 Å². The van der Waals surface area contributed by atoms with Gasteiger partial charge in [-0.3, -0.25) is 0 Å². The maximum atomic E-state index is 5.68. The molecule has 3 heteroatoms. The van der Waals surface area contributed by atoms with E-state index in [0.29, 0.717) is 0 Å². The van der Waals surface area contributed by atoms with Gasteiger partial charge in [-0.05, 0) is 11.2 Å².